The van der Waals surface area contributed by atoms with Crippen molar-refractivity contribution < 1.29 is 18.7 Å². The number of hydrogen-bond acceptors (Lipinski definition) is 5. The van der Waals surface area contributed by atoms with Crippen molar-refractivity contribution in [2.75, 3.05) is 44.9 Å². The van der Waals surface area contributed by atoms with Gasteiger partial charge >= 0.3 is 0 Å². The number of carbonyl (C=O) groups is 2. The molecule has 1 unspecified atom stereocenters. The Labute approximate surface area is 144 Å². The maximum atomic E-state index is 13.5. The number of hydrogen-bond donors (Lipinski definition) is 1. The van der Waals surface area contributed by atoms with Crippen molar-refractivity contribution >= 4 is 23.6 Å². The zero-order chi connectivity index (χ0) is 17.1. The van der Waals surface area contributed by atoms with E-state index in [-0.39, 0.29) is 23.4 Å². The zero-order valence-corrected chi connectivity index (χ0v) is 14.3. The van der Waals surface area contributed by atoms with Gasteiger partial charge in [0.25, 0.3) is 5.91 Å². The Hall–Kier alpha value is -1.80. The molecule has 8 heteroatoms. The molecule has 6 nitrogen and oxygen atoms in total. The second-order valence-electron chi connectivity index (χ2n) is 5.73. The van der Waals surface area contributed by atoms with Crippen molar-refractivity contribution in [3.05, 3.63) is 29.6 Å². The largest absolute Gasteiger partial charge is 0.496 e. The number of nitrogens with one attached hydrogen (secondary N) is 1. The van der Waals surface area contributed by atoms with Crippen molar-refractivity contribution in [3.63, 3.8) is 0 Å². The predicted molar refractivity (Wildman–Crippen MR) is 89.7 cm³/mol. The summed E-state index contributed by atoms with van der Waals surface area (Å²) in [4.78, 5) is 28.4. The minimum atomic E-state index is -0.474. The van der Waals surface area contributed by atoms with Gasteiger partial charge in [-0.1, -0.05) is 0 Å². The third-order valence-corrected chi connectivity index (χ3v) is 5.22. The fourth-order valence-corrected chi connectivity index (χ4v) is 3.85. The minimum absolute atomic E-state index is 0.0930. The van der Waals surface area contributed by atoms with Crippen LogP contribution < -0.4 is 10.1 Å². The van der Waals surface area contributed by atoms with E-state index in [1.807, 2.05) is 0 Å². The highest BCUT2D eigenvalue weighted by molar-refractivity contribution is 7.99. The van der Waals surface area contributed by atoms with Crippen LogP contribution in [0, 0.1) is 5.82 Å². The minimum Gasteiger partial charge on any atom is -0.496 e. The summed E-state index contributed by atoms with van der Waals surface area (Å²) in [7, 11) is 1.45. The van der Waals surface area contributed by atoms with Gasteiger partial charge in [-0.25, -0.2) is 4.39 Å². The molecule has 3 rings (SSSR count). The van der Waals surface area contributed by atoms with Gasteiger partial charge in [-0.3, -0.25) is 14.9 Å². The van der Waals surface area contributed by atoms with Gasteiger partial charge in [0, 0.05) is 37.8 Å². The molecule has 0 bridgehead atoms. The summed E-state index contributed by atoms with van der Waals surface area (Å²) >= 11 is 1.71. The van der Waals surface area contributed by atoms with Crippen LogP contribution in [0.4, 0.5) is 4.39 Å². The first-order valence-electron chi connectivity index (χ1n) is 7.83. The Kier molecular flexibility index (Phi) is 5.25. The molecule has 2 fully saturated rings. The van der Waals surface area contributed by atoms with Crippen LogP contribution in [0.15, 0.2) is 18.2 Å². The van der Waals surface area contributed by atoms with Crippen molar-refractivity contribution in [2.24, 2.45) is 0 Å². The van der Waals surface area contributed by atoms with E-state index >= 15 is 0 Å². The van der Waals surface area contributed by atoms with Crippen molar-refractivity contribution in [2.45, 2.75) is 6.04 Å². The standard InChI is InChI=1S/C16H20FN3O3S/c1-23-14-3-2-11(17)8-12(14)15(21)19-4-6-20(7-5-19)16(22)13-9-24-10-18-13/h2-3,8,13,18H,4-7,9-10H2,1H3. The number of nitrogens with zero attached hydrogens (tertiary/aromatic N) is 2. The lowest BCUT2D eigenvalue weighted by Gasteiger charge is -2.36. The molecule has 2 aliphatic heterocycles. The molecule has 24 heavy (non-hydrogen) atoms. The van der Waals surface area contributed by atoms with E-state index in [4.69, 9.17) is 4.74 Å². The van der Waals surface area contributed by atoms with Gasteiger partial charge in [-0.2, -0.15) is 0 Å². The summed E-state index contributed by atoms with van der Waals surface area (Å²) in [6.45, 7) is 1.85. The molecular weight excluding hydrogens is 333 g/mol. The van der Waals surface area contributed by atoms with Crippen LogP contribution in [0.2, 0.25) is 0 Å². The Bertz CT molecular complexity index is 629. The first-order valence-corrected chi connectivity index (χ1v) is 8.98. The number of thioether (sulfide) groups is 1. The van der Waals surface area contributed by atoms with E-state index in [2.05, 4.69) is 5.32 Å². The molecule has 1 aromatic carbocycles. The van der Waals surface area contributed by atoms with Gasteiger partial charge in [0.2, 0.25) is 5.91 Å². The van der Waals surface area contributed by atoms with Gasteiger partial charge in [-0.15, -0.1) is 11.8 Å². The first kappa shape index (κ1) is 17.0. The number of halogens is 1. The fraction of sp³-hybridized carbons (Fsp3) is 0.500. The smallest absolute Gasteiger partial charge is 0.257 e. The van der Waals surface area contributed by atoms with E-state index in [0.29, 0.717) is 31.9 Å². The monoisotopic (exact) mass is 353 g/mol. The summed E-state index contributed by atoms with van der Waals surface area (Å²) < 4.78 is 18.6. The van der Waals surface area contributed by atoms with Gasteiger partial charge in [-0.05, 0) is 18.2 Å². The number of benzene rings is 1. The van der Waals surface area contributed by atoms with Crippen molar-refractivity contribution in [1.29, 1.82) is 0 Å². The number of rotatable bonds is 3. The van der Waals surface area contributed by atoms with E-state index in [0.717, 1.165) is 11.6 Å². The molecule has 0 saturated carbocycles. The highest BCUT2D eigenvalue weighted by Gasteiger charge is 2.31. The number of carbonyl (C=O) groups excluding carboxylic acids is 2. The SMILES string of the molecule is COc1ccc(F)cc1C(=O)N1CCN(C(=O)C2CSCN2)CC1. The molecule has 130 valence electrons. The van der Waals surface area contributed by atoms with Crippen molar-refractivity contribution in [1.82, 2.24) is 15.1 Å². The number of methoxy groups -OCH3 is 1. The van der Waals surface area contributed by atoms with Gasteiger partial charge in [0.15, 0.2) is 0 Å². The molecule has 1 atom stereocenters. The van der Waals surface area contributed by atoms with Crippen LogP contribution in [-0.4, -0.2) is 72.6 Å². The van der Waals surface area contributed by atoms with E-state index in [9.17, 15) is 14.0 Å². The maximum Gasteiger partial charge on any atom is 0.257 e. The van der Waals surface area contributed by atoms with E-state index < -0.39 is 5.82 Å². The Balaban J connectivity index is 1.63. The fourth-order valence-electron chi connectivity index (χ4n) is 2.92. The molecule has 2 amide bonds. The molecule has 2 heterocycles. The highest BCUT2D eigenvalue weighted by Crippen LogP contribution is 2.22. The number of amides is 2. The highest BCUT2D eigenvalue weighted by atomic mass is 32.2. The normalized spacial score (nSPS) is 21.0. The lowest BCUT2D eigenvalue weighted by molar-refractivity contribution is -0.134. The second kappa shape index (κ2) is 7.40. The van der Waals surface area contributed by atoms with E-state index in [1.165, 1.54) is 25.3 Å². The van der Waals surface area contributed by atoms with Gasteiger partial charge in [0.05, 0.1) is 18.7 Å². The molecule has 1 N–H and O–H groups in total. The summed E-state index contributed by atoms with van der Waals surface area (Å²) in [5, 5.41) is 3.17. The van der Waals surface area contributed by atoms with E-state index in [1.54, 1.807) is 21.6 Å². The van der Waals surface area contributed by atoms with Crippen LogP contribution in [0.1, 0.15) is 10.4 Å². The average Bonchev–Trinajstić information content (AvgIpc) is 3.15. The summed E-state index contributed by atoms with van der Waals surface area (Å²) in [6.07, 6.45) is 0. The van der Waals surface area contributed by atoms with Gasteiger partial charge in [0.1, 0.15) is 11.6 Å². The van der Waals surface area contributed by atoms with Crippen molar-refractivity contribution in [3.8, 4) is 5.75 Å². The lowest BCUT2D eigenvalue weighted by Crippen LogP contribution is -2.54. The Morgan fingerprint density at radius 1 is 1.25 bits per heavy atom. The van der Waals surface area contributed by atoms with Crippen LogP contribution >= 0.6 is 11.8 Å². The number of ether oxygens (including phenoxy) is 1. The topological polar surface area (TPSA) is 61.9 Å². The maximum absolute atomic E-state index is 13.5. The van der Waals surface area contributed by atoms with Crippen LogP contribution in [0.3, 0.4) is 0 Å². The summed E-state index contributed by atoms with van der Waals surface area (Å²) in [5.41, 5.74) is 0.214. The predicted octanol–water partition coefficient (Wildman–Crippen LogP) is 0.781. The third kappa shape index (κ3) is 3.49. The molecule has 0 spiro atoms. The Morgan fingerprint density at radius 2 is 1.96 bits per heavy atom. The number of piperazine rings is 1. The first-order chi connectivity index (χ1) is 11.6. The summed E-state index contributed by atoms with van der Waals surface area (Å²) in [5.74, 6) is 1.29. The van der Waals surface area contributed by atoms with Crippen LogP contribution in [0.5, 0.6) is 5.75 Å². The second-order valence-corrected chi connectivity index (χ2v) is 6.76. The van der Waals surface area contributed by atoms with Crippen LogP contribution in [-0.2, 0) is 4.79 Å². The quantitative estimate of drug-likeness (QED) is 0.870. The molecule has 2 saturated heterocycles. The zero-order valence-electron chi connectivity index (χ0n) is 13.5. The molecule has 0 aromatic heterocycles. The summed E-state index contributed by atoms with van der Waals surface area (Å²) in [6, 6.07) is 3.78. The molecule has 0 radical (unpaired) electrons. The molecule has 0 aliphatic carbocycles. The van der Waals surface area contributed by atoms with Gasteiger partial charge < -0.3 is 14.5 Å². The Morgan fingerprint density at radius 3 is 2.58 bits per heavy atom. The third-order valence-electron chi connectivity index (χ3n) is 4.28. The average molecular weight is 353 g/mol. The lowest BCUT2D eigenvalue weighted by atomic mass is 10.1. The molecule has 2 aliphatic rings. The van der Waals surface area contributed by atoms with Crippen LogP contribution in [0.25, 0.3) is 0 Å². The molecular formula is C16H20FN3O3S. The molecule has 1 aromatic rings.